The topological polar surface area (TPSA) is 17.1 Å². The van der Waals surface area contributed by atoms with Crippen LogP contribution in [0.15, 0.2) is 48.5 Å². The molecule has 0 radical (unpaired) electrons. The van der Waals surface area contributed by atoms with Gasteiger partial charge in [0.25, 0.3) is 0 Å². The van der Waals surface area contributed by atoms with Crippen molar-refractivity contribution in [3.8, 4) is 11.1 Å². The van der Waals surface area contributed by atoms with E-state index in [1.165, 1.54) is 54.4 Å². The first-order chi connectivity index (χ1) is 12.7. The van der Waals surface area contributed by atoms with Crippen LogP contribution < -0.4 is 0 Å². The second-order valence-corrected chi connectivity index (χ2v) is 7.85. The molecular weight excluding hydrogens is 316 g/mol. The van der Waals surface area contributed by atoms with Crippen molar-refractivity contribution in [1.82, 2.24) is 0 Å². The Hall–Kier alpha value is -1.89. The third-order valence-corrected chi connectivity index (χ3v) is 5.99. The molecule has 1 saturated carbocycles. The zero-order valence-electron chi connectivity index (χ0n) is 16.3. The van der Waals surface area contributed by atoms with E-state index in [-0.39, 0.29) is 5.92 Å². The van der Waals surface area contributed by atoms with Crippen LogP contribution in [0, 0.1) is 5.92 Å². The van der Waals surface area contributed by atoms with Gasteiger partial charge in [-0.2, -0.15) is 0 Å². The lowest BCUT2D eigenvalue weighted by Crippen LogP contribution is -2.23. The fourth-order valence-corrected chi connectivity index (χ4v) is 4.14. The molecule has 0 N–H and O–H groups in total. The van der Waals surface area contributed by atoms with E-state index in [1.54, 1.807) is 0 Å². The smallest absolute Gasteiger partial charge is 0.140 e. The van der Waals surface area contributed by atoms with E-state index in [9.17, 15) is 4.79 Å². The molecule has 2 aromatic rings. The Labute approximate surface area is 158 Å². The largest absolute Gasteiger partial charge is 0.299 e. The zero-order chi connectivity index (χ0) is 18.4. The number of hydrogen-bond donors (Lipinski definition) is 0. The number of aryl methyl sites for hydroxylation is 1. The van der Waals surface area contributed by atoms with Gasteiger partial charge in [-0.25, -0.2) is 0 Å². The molecule has 0 aromatic heterocycles. The van der Waals surface area contributed by atoms with E-state index < -0.39 is 0 Å². The predicted molar refractivity (Wildman–Crippen MR) is 110 cm³/mol. The molecule has 0 aliphatic heterocycles. The highest BCUT2D eigenvalue weighted by molar-refractivity contribution is 5.86. The highest BCUT2D eigenvalue weighted by Gasteiger charge is 2.28. The van der Waals surface area contributed by atoms with Crippen molar-refractivity contribution in [1.29, 1.82) is 0 Å². The van der Waals surface area contributed by atoms with Crippen LogP contribution in [0.25, 0.3) is 11.1 Å². The maximum Gasteiger partial charge on any atom is 0.140 e. The molecule has 2 unspecified atom stereocenters. The van der Waals surface area contributed by atoms with Crippen LogP contribution in [0.1, 0.15) is 75.8 Å². The Bertz CT molecular complexity index is 696. The van der Waals surface area contributed by atoms with Gasteiger partial charge >= 0.3 is 0 Å². The first-order valence-corrected chi connectivity index (χ1v) is 10.4. The number of carbonyl (C=O) groups is 1. The molecule has 1 heteroatoms. The highest BCUT2D eigenvalue weighted by Crippen LogP contribution is 2.35. The molecule has 2 aromatic carbocycles. The average Bonchev–Trinajstić information content (AvgIpc) is 2.69. The van der Waals surface area contributed by atoms with E-state index in [2.05, 4.69) is 62.4 Å². The van der Waals surface area contributed by atoms with Crippen molar-refractivity contribution in [2.45, 2.75) is 71.1 Å². The maximum absolute atomic E-state index is 12.5. The number of benzene rings is 2. The molecule has 0 bridgehead atoms. The van der Waals surface area contributed by atoms with E-state index in [1.807, 2.05) is 0 Å². The molecule has 1 aliphatic carbocycles. The molecule has 138 valence electrons. The van der Waals surface area contributed by atoms with Gasteiger partial charge in [-0.05, 0) is 53.9 Å². The van der Waals surface area contributed by atoms with Gasteiger partial charge in [0.05, 0.1) is 0 Å². The van der Waals surface area contributed by atoms with E-state index in [4.69, 9.17) is 0 Å². The maximum atomic E-state index is 12.5. The summed E-state index contributed by atoms with van der Waals surface area (Å²) in [4.78, 5) is 12.5. The van der Waals surface area contributed by atoms with E-state index in [0.29, 0.717) is 11.7 Å². The van der Waals surface area contributed by atoms with Gasteiger partial charge in [0.2, 0.25) is 0 Å². The van der Waals surface area contributed by atoms with Crippen molar-refractivity contribution in [3.63, 3.8) is 0 Å². The lowest BCUT2D eigenvalue weighted by molar-refractivity contribution is -0.123. The van der Waals surface area contributed by atoms with Gasteiger partial charge in [-0.3, -0.25) is 4.79 Å². The van der Waals surface area contributed by atoms with Gasteiger partial charge < -0.3 is 0 Å². The Balaban J connectivity index is 1.65. The van der Waals surface area contributed by atoms with Gasteiger partial charge in [0.15, 0.2) is 0 Å². The van der Waals surface area contributed by atoms with Crippen molar-refractivity contribution < 1.29 is 4.79 Å². The summed E-state index contributed by atoms with van der Waals surface area (Å²) < 4.78 is 0. The Morgan fingerprint density at radius 3 is 2.08 bits per heavy atom. The monoisotopic (exact) mass is 348 g/mol. The summed E-state index contributed by atoms with van der Waals surface area (Å²) in [6, 6.07) is 17.7. The highest BCUT2D eigenvalue weighted by atomic mass is 16.1. The second-order valence-electron chi connectivity index (χ2n) is 7.85. The van der Waals surface area contributed by atoms with Crippen molar-refractivity contribution in [3.05, 3.63) is 59.7 Å². The lowest BCUT2D eigenvalue weighted by atomic mass is 9.77. The third kappa shape index (κ3) is 4.63. The number of rotatable bonds is 7. The second kappa shape index (κ2) is 9.16. The summed E-state index contributed by atoms with van der Waals surface area (Å²) in [5.74, 6) is 1.16. The van der Waals surface area contributed by atoms with E-state index >= 15 is 0 Å². The van der Waals surface area contributed by atoms with Crippen molar-refractivity contribution >= 4 is 5.78 Å². The number of Topliss-reactive ketones (excluding diaryl/α,β-unsaturated/α-hetero) is 1. The van der Waals surface area contributed by atoms with Crippen molar-refractivity contribution in [2.24, 2.45) is 5.92 Å². The third-order valence-electron chi connectivity index (χ3n) is 5.99. The van der Waals surface area contributed by atoms with Crippen molar-refractivity contribution in [2.75, 3.05) is 0 Å². The molecule has 26 heavy (non-hydrogen) atoms. The van der Waals surface area contributed by atoms with Gasteiger partial charge in [0, 0.05) is 12.3 Å². The van der Waals surface area contributed by atoms with E-state index in [0.717, 1.165) is 19.3 Å². The minimum absolute atomic E-state index is 0.118. The molecule has 0 heterocycles. The minimum atomic E-state index is 0.118. The van der Waals surface area contributed by atoms with Gasteiger partial charge in [-0.1, -0.05) is 81.6 Å². The lowest BCUT2D eigenvalue weighted by Gasteiger charge is -2.27. The fourth-order valence-electron chi connectivity index (χ4n) is 4.14. The molecule has 2 atom stereocenters. The predicted octanol–water partition coefficient (Wildman–Crippen LogP) is 6.95. The summed E-state index contributed by atoms with van der Waals surface area (Å²) in [5.41, 5.74) is 5.13. The van der Waals surface area contributed by atoms with Crippen LogP contribution in [0.4, 0.5) is 0 Å². The zero-order valence-corrected chi connectivity index (χ0v) is 16.3. The fraction of sp³-hybridized carbons (Fsp3) is 0.480. The molecule has 1 fully saturated rings. The Morgan fingerprint density at radius 1 is 0.846 bits per heavy atom. The molecular formula is C25H32O. The Morgan fingerprint density at radius 2 is 1.50 bits per heavy atom. The first kappa shape index (κ1) is 18.9. The first-order valence-electron chi connectivity index (χ1n) is 10.4. The van der Waals surface area contributed by atoms with Gasteiger partial charge in [0.1, 0.15) is 5.78 Å². The van der Waals surface area contributed by atoms with Crippen LogP contribution in [0.5, 0.6) is 0 Å². The molecule has 3 rings (SSSR count). The van der Waals surface area contributed by atoms with Crippen LogP contribution >= 0.6 is 0 Å². The van der Waals surface area contributed by atoms with Gasteiger partial charge in [-0.15, -0.1) is 0 Å². The van der Waals surface area contributed by atoms with Crippen LogP contribution in [-0.2, 0) is 11.2 Å². The SMILES string of the molecule is CCCCCc1ccc(-c2ccc(C3CCC(CC)CC3=O)cc2)cc1. The summed E-state index contributed by atoms with van der Waals surface area (Å²) in [6.07, 6.45) is 9.13. The molecule has 0 amide bonds. The van der Waals surface area contributed by atoms with Crippen LogP contribution in [-0.4, -0.2) is 5.78 Å². The summed E-state index contributed by atoms with van der Waals surface area (Å²) in [7, 11) is 0. The summed E-state index contributed by atoms with van der Waals surface area (Å²) >= 11 is 0. The standard InChI is InChI=1S/C25H32O/c1-3-5-6-7-20-8-11-21(12-9-20)22-13-15-23(16-14-22)24-17-10-19(4-2)18-25(24)26/h8-9,11-16,19,24H,3-7,10,17-18H2,1-2H3. The number of hydrogen-bond acceptors (Lipinski definition) is 1. The molecule has 1 nitrogen and oxygen atoms in total. The molecule has 0 spiro atoms. The molecule has 0 saturated heterocycles. The summed E-state index contributed by atoms with van der Waals surface area (Å²) in [5, 5.41) is 0. The quantitative estimate of drug-likeness (QED) is 0.495. The average molecular weight is 349 g/mol. The summed E-state index contributed by atoms with van der Waals surface area (Å²) in [6.45, 7) is 4.44. The number of ketones is 1. The normalized spacial score (nSPS) is 20.3. The Kier molecular flexibility index (Phi) is 6.66. The van der Waals surface area contributed by atoms with Crippen LogP contribution in [0.2, 0.25) is 0 Å². The number of unbranched alkanes of at least 4 members (excludes halogenated alkanes) is 2. The van der Waals surface area contributed by atoms with Crippen LogP contribution in [0.3, 0.4) is 0 Å². The number of carbonyl (C=O) groups excluding carboxylic acids is 1. The molecule has 1 aliphatic rings. The minimum Gasteiger partial charge on any atom is -0.299 e.